The highest BCUT2D eigenvalue weighted by Gasteiger charge is 2.50. The first-order valence-corrected chi connectivity index (χ1v) is 16.3. The van der Waals surface area contributed by atoms with Crippen molar-refractivity contribution in [3.63, 3.8) is 0 Å². The lowest BCUT2D eigenvalue weighted by Gasteiger charge is -2.44. The van der Waals surface area contributed by atoms with E-state index >= 15 is 0 Å². The van der Waals surface area contributed by atoms with Crippen LogP contribution in [0.15, 0.2) is 67.3 Å². The summed E-state index contributed by atoms with van der Waals surface area (Å²) in [5.74, 6) is -1.52. The van der Waals surface area contributed by atoms with Gasteiger partial charge in [-0.25, -0.2) is 0 Å². The van der Waals surface area contributed by atoms with Gasteiger partial charge >= 0.3 is 12.1 Å². The molecular weight excluding hydrogens is 547 g/mol. The van der Waals surface area contributed by atoms with E-state index in [2.05, 4.69) is 48.1 Å². The molecule has 2 rings (SSSR count). The van der Waals surface area contributed by atoms with E-state index in [0.29, 0.717) is 35.4 Å². The highest BCUT2D eigenvalue weighted by Crippen LogP contribution is 2.43. The van der Waals surface area contributed by atoms with E-state index in [1.54, 1.807) is 0 Å². The van der Waals surface area contributed by atoms with Crippen LogP contribution < -0.4 is 9.64 Å². The molecule has 0 aliphatic heterocycles. The van der Waals surface area contributed by atoms with Gasteiger partial charge in [0.25, 0.3) is 0 Å². The minimum absolute atomic E-state index is 0.0764. The Kier molecular flexibility index (Phi) is 12.7. The minimum atomic E-state index is -5.11. The molecule has 0 fully saturated rings. The lowest BCUT2D eigenvalue weighted by atomic mass is 9.90. The Hall–Kier alpha value is -2.62. The van der Waals surface area contributed by atoms with Crippen LogP contribution >= 0.6 is 0 Å². The summed E-state index contributed by atoms with van der Waals surface area (Å²) in [7, 11) is -0.722. The maximum atomic E-state index is 14.1. The van der Waals surface area contributed by atoms with Crippen LogP contribution in [0.4, 0.5) is 18.9 Å². The van der Waals surface area contributed by atoms with Gasteiger partial charge in [0.15, 0.2) is 8.32 Å². The number of nitrogens with zero attached hydrogens (tertiary/aromatic N) is 1. The molecule has 1 amide bonds. The number of anilines is 1. The molecule has 0 bridgehead atoms. The summed E-state index contributed by atoms with van der Waals surface area (Å²) in [4.78, 5) is 13.8. The van der Waals surface area contributed by atoms with E-state index < -0.39 is 25.9 Å². The van der Waals surface area contributed by atoms with Gasteiger partial charge in [0.2, 0.25) is 0 Å². The zero-order chi connectivity index (χ0) is 30.8. The summed E-state index contributed by atoms with van der Waals surface area (Å²) in [5.41, 5.74) is 0.549. The first-order valence-electron chi connectivity index (χ1n) is 14.2. The van der Waals surface area contributed by atoms with Crippen molar-refractivity contribution in [2.45, 2.75) is 89.3 Å². The maximum Gasteiger partial charge on any atom is 0.471 e. The lowest BCUT2D eigenvalue weighted by Crippen LogP contribution is -2.58. The van der Waals surface area contributed by atoms with Crippen LogP contribution in [0.3, 0.4) is 0 Å². The van der Waals surface area contributed by atoms with Crippen molar-refractivity contribution in [2.24, 2.45) is 0 Å². The van der Waals surface area contributed by atoms with Crippen molar-refractivity contribution in [3.8, 4) is 5.75 Å². The first-order chi connectivity index (χ1) is 19.2. The van der Waals surface area contributed by atoms with Crippen LogP contribution in [0.5, 0.6) is 5.75 Å². The normalized spacial score (nSPS) is 13.9. The number of methoxy groups -OCH3 is 1. The number of carbonyl (C=O) groups excluding carboxylic acids is 1. The van der Waals surface area contributed by atoms with Crippen molar-refractivity contribution >= 4 is 19.9 Å². The van der Waals surface area contributed by atoms with Crippen molar-refractivity contribution in [1.29, 1.82) is 0 Å². The fourth-order valence-corrected chi connectivity index (χ4v) is 11.5. The van der Waals surface area contributed by atoms with Crippen LogP contribution in [0.25, 0.3) is 0 Å². The molecule has 0 N–H and O–H groups in total. The molecule has 2 aromatic carbocycles. The van der Waals surface area contributed by atoms with Crippen LogP contribution in [-0.4, -0.2) is 46.3 Å². The highest BCUT2D eigenvalue weighted by molar-refractivity contribution is 6.77. The van der Waals surface area contributed by atoms with Crippen LogP contribution in [0.1, 0.15) is 59.9 Å². The standard InChI is InChI=1S/C32H46F3NO4Si/c1-9-31(23-39-22-27-14-11-10-12-15-27,20-13-21-40-41(24(2)3,25(4)5)26(6)7)36(30(37)32(33,34)35)28-16-18-29(38-8)19-17-28/h9-12,14-19,24-26H,1,13,20-23H2,2-8H3/t31-/m0/s1. The maximum absolute atomic E-state index is 14.1. The number of hydrogen-bond acceptors (Lipinski definition) is 4. The van der Waals surface area contributed by atoms with E-state index in [1.807, 2.05) is 30.3 Å². The van der Waals surface area contributed by atoms with Gasteiger partial charge in [-0.1, -0.05) is 78.0 Å². The smallest absolute Gasteiger partial charge is 0.471 e. The number of halogens is 3. The van der Waals surface area contributed by atoms with E-state index in [9.17, 15) is 18.0 Å². The Morgan fingerprint density at radius 1 is 0.951 bits per heavy atom. The zero-order valence-electron chi connectivity index (χ0n) is 25.5. The van der Waals surface area contributed by atoms with Gasteiger partial charge in [-0.05, 0) is 59.3 Å². The second-order valence-electron chi connectivity index (χ2n) is 11.4. The summed E-state index contributed by atoms with van der Waals surface area (Å²) in [6, 6.07) is 15.3. The topological polar surface area (TPSA) is 48.0 Å². The predicted octanol–water partition coefficient (Wildman–Crippen LogP) is 8.70. The highest BCUT2D eigenvalue weighted by atomic mass is 28.4. The molecule has 0 aliphatic rings. The van der Waals surface area contributed by atoms with E-state index in [-0.39, 0.29) is 25.3 Å². The van der Waals surface area contributed by atoms with Gasteiger partial charge in [0.1, 0.15) is 5.75 Å². The molecule has 5 nitrogen and oxygen atoms in total. The Balaban J connectivity index is 2.47. The fraction of sp³-hybridized carbons (Fsp3) is 0.531. The molecule has 228 valence electrons. The van der Waals surface area contributed by atoms with Crippen molar-refractivity contribution in [3.05, 3.63) is 72.8 Å². The molecule has 0 heterocycles. The Bertz CT molecular complexity index is 1070. The quantitative estimate of drug-likeness (QED) is 0.111. The molecule has 0 saturated heterocycles. The SMILES string of the molecule is C=C[C@](CCCO[Si](C(C)C)(C(C)C)C(C)C)(COCc1ccccc1)N(C(=O)C(F)(F)F)c1ccc(OC)cc1. The summed E-state index contributed by atoms with van der Waals surface area (Å²) in [6.45, 7) is 17.4. The van der Waals surface area contributed by atoms with E-state index in [0.717, 1.165) is 10.5 Å². The van der Waals surface area contributed by atoms with Gasteiger partial charge in [-0.2, -0.15) is 13.2 Å². The largest absolute Gasteiger partial charge is 0.497 e. The van der Waals surface area contributed by atoms with Gasteiger partial charge < -0.3 is 13.9 Å². The predicted molar refractivity (Wildman–Crippen MR) is 162 cm³/mol. The molecule has 1 atom stereocenters. The third kappa shape index (κ3) is 8.46. The fourth-order valence-electron chi connectivity index (χ4n) is 5.98. The average Bonchev–Trinajstić information content (AvgIpc) is 2.92. The molecular formula is C32H46F3NO4Si. The minimum Gasteiger partial charge on any atom is -0.497 e. The van der Waals surface area contributed by atoms with Gasteiger partial charge in [0.05, 0.1) is 25.9 Å². The molecule has 0 spiro atoms. The summed E-state index contributed by atoms with van der Waals surface area (Å²) < 4.78 is 60.1. The molecule has 9 heteroatoms. The number of hydrogen-bond donors (Lipinski definition) is 0. The van der Waals surface area contributed by atoms with Gasteiger partial charge in [-0.3, -0.25) is 9.69 Å². The third-order valence-electron chi connectivity index (χ3n) is 7.88. The summed E-state index contributed by atoms with van der Waals surface area (Å²) >= 11 is 0. The monoisotopic (exact) mass is 593 g/mol. The third-order valence-corrected chi connectivity index (χ3v) is 14.0. The second kappa shape index (κ2) is 15.0. The number of rotatable bonds is 16. The summed E-state index contributed by atoms with van der Waals surface area (Å²) in [6.07, 6.45) is -3.12. The molecule has 2 aromatic rings. The Morgan fingerprint density at radius 3 is 1.98 bits per heavy atom. The molecule has 0 saturated carbocycles. The van der Waals surface area contributed by atoms with Crippen LogP contribution in [0.2, 0.25) is 16.6 Å². The van der Waals surface area contributed by atoms with E-state index in [4.69, 9.17) is 13.9 Å². The van der Waals surface area contributed by atoms with Crippen molar-refractivity contribution in [1.82, 2.24) is 0 Å². The van der Waals surface area contributed by atoms with Crippen LogP contribution in [0, 0.1) is 0 Å². The van der Waals surface area contributed by atoms with E-state index in [1.165, 1.54) is 37.5 Å². The molecule has 0 aliphatic carbocycles. The number of ether oxygens (including phenoxy) is 2. The van der Waals surface area contributed by atoms with Crippen molar-refractivity contribution in [2.75, 3.05) is 25.2 Å². The first kappa shape index (κ1) is 34.6. The summed E-state index contributed by atoms with van der Waals surface area (Å²) in [5, 5.41) is 0. The molecule has 0 unspecified atom stereocenters. The van der Waals surface area contributed by atoms with Crippen LogP contribution in [-0.2, 0) is 20.6 Å². The lowest BCUT2D eigenvalue weighted by molar-refractivity contribution is -0.172. The van der Waals surface area contributed by atoms with Gasteiger partial charge in [-0.15, -0.1) is 6.58 Å². The number of amides is 1. The Morgan fingerprint density at radius 2 is 1.51 bits per heavy atom. The van der Waals surface area contributed by atoms with Gasteiger partial charge in [0, 0.05) is 12.3 Å². The zero-order valence-corrected chi connectivity index (χ0v) is 26.5. The average molecular weight is 594 g/mol. The van der Waals surface area contributed by atoms with Crippen molar-refractivity contribution < 1.29 is 31.9 Å². The number of benzene rings is 2. The molecule has 0 radical (unpaired) electrons. The number of alkyl halides is 3. The molecule has 41 heavy (non-hydrogen) atoms. The Labute approximate surface area is 244 Å². The number of carbonyl (C=O) groups is 1. The molecule has 0 aromatic heterocycles. The second-order valence-corrected chi connectivity index (χ2v) is 16.9.